The number of benzene rings is 1. The zero-order chi connectivity index (χ0) is 16.5. The molecule has 0 aliphatic heterocycles. The van der Waals surface area contributed by atoms with E-state index in [0.29, 0.717) is 18.1 Å². The Labute approximate surface area is 133 Å². The molecular formula is C18H27N3O. The number of carbonyl (C=O) groups is 1. The molecule has 0 saturated heterocycles. The van der Waals surface area contributed by atoms with Gasteiger partial charge in [0.05, 0.1) is 0 Å². The van der Waals surface area contributed by atoms with Crippen molar-refractivity contribution in [3.05, 3.63) is 47.3 Å². The minimum absolute atomic E-state index is 0.0381. The monoisotopic (exact) mass is 301 g/mol. The molecule has 1 aromatic rings. The molecule has 0 aliphatic carbocycles. The van der Waals surface area contributed by atoms with Gasteiger partial charge < -0.3 is 10.6 Å². The van der Waals surface area contributed by atoms with Crippen LogP contribution < -0.4 is 10.6 Å². The molecule has 0 heterocycles. The number of hydrogen-bond donors (Lipinski definition) is 2. The Morgan fingerprint density at radius 1 is 1.23 bits per heavy atom. The number of aliphatic imine (C=N–C) groups is 1. The van der Waals surface area contributed by atoms with Crippen LogP contribution in [0.1, 0.15) is 43.4 Å². The lowest BCUT2D eigenvalue weighted by molar-refractivity contribution is -0.119. The third-order valence-electron chi connectivity index (χ3n) is 3.20. The van der Waals surface area contributed by atoms with E-state index in [1.54, 1.807) is 6.92 Å². The summed E-state index contributed by atoms with van der Waals surface area (Å²) in [4.78, 5) is 15.5. The van der Waals surface area contributed by atoms with E-state index in [0.717, 1.165) is 19.4 Å². The van der Waals surface area contributed by atoms with Crippen molar-refractivity contribution in [3.63, 3.8) is 0 Å². The van der Waals surface area contributed by atoms with Crippen molar-refractivity contribution in [3.8, 4) is 0 Å². The van der Waals surface area contributed by atoms with Gasteiger partial charge in [-0.2, -0.15) is 0 Å². The summed E-state index contributed by atoms with van der Waals surface area (Å²) in [6.07, 6.45) is 2.48. The van der Waals surface area contributed by atoms with Crippen molar-refractivity contribution in [2.45, 2.75) is 47.0 Å². The molecule has 1 rings (SSSR count). The second-order valence-electron chi connectivity index (χ2n) is 5.57. The topological polar surface area (TPSA) is 53.5 Å². The van der Waals surface area contributed by atoms with Gasteiger partial charge in [0.2, 0.25) is 5.91 Å². The molecule has 0 radical (unpaired) electrons. The number of aryl methyl sites for hydroxylation is 3. The fraction of sp³-hybridized carbons (Fsp3) is 0.444. The smallest absolute Gasteiger partial charge is 0.224 e. The maximum absolute atomic E-state index is 11.2. The molecule has 4 heteroatoms. The van der Waals surface area contributed by atoms with Gasteiger partial charge in [0.1, 0.15) is 11.7 Å². The zero-order valence-corrected chi connectivity index (χ0v) is 14.1. The largest absolute Gasteiger partial charge is 0.370 e. The SMILES string of the molecule is C=C(/N=C(\C)NC(=O)CC)NCCCc1cc(C)cc(C)c1. The Morgan fingerprint density at radius 3 is 2.45 bits per heavy atom. The lowest BCUT2D eigenvalue weighted by Crippen LogP contribution is -2.28. The Hall–Kier alpha value is -2.10. The van der Waals surface area contributed by atoms with Crippen LogP contribution in [0.25, 0.3) is 0 Å². The highest BCUT2D eigenvalue weighted by Gasteiger charge is 2.00. The highest BCUT2D eigenvalue weighted by Crippen LogP contribution is 2.10. The van der Waals surface area contributed by atoms with Gasteiger partial charge in [-0.25, -0.2) is 4.99 Å². The summed E-state index contributed by atoms with van der Waals surface area (Å²) in [5.41, 5.74) is 3.97. The van der Waals surface area contributed by atoms with Gasteiger partial charge in [-0.15, -0.1) is 0 Å². The van der Waals surface area contributed by atoms with E-state index in [1.165, 1.54) is 16.7 Å². The van der Waals surface area contributed by atoms with Gasteiger partial charge in [-0.05, 0) is 39.2 Å². The average Bonchev–Trinajstić information content (AvgIpc) is 2.42. The van der Waals surface area contributed by atoms with Crippen LogP contribution in [0.4, 0.5) is 0 Å². The average molecular weight is 301 g/mol. The van der Waals surface area contributed by atoms with Crippen LogP contribution in [0.2, 0.25) is 0 Å². The van der Waals surface area contributed by atoms with Crippen molar-refractivity contribution in [2.75, 3.05) is 6.54 Å². The van der Waals surface area contributed by atoms with Gasteiger partial charge >= 0.3 is 0 Å². The predicted octanol–water partition coefficient (Wildman–Crippen LogP) is 3.24. The van der Waals surface area contributed by atoms with Gasteiger partial charge in [-0.3, -0.25) is 4.79 Å². The standard InChI is InChI=1S/C18H27N3O/c1-6-18(22)21-16(5)20-15(4)19-9-7-8-17-11-13(2)10-14(3)12-17/h10-12,19H,4,6-9H2,1-3,5H3,(H,20,21,22). The van der Waals surface area contributed by atoms with Crippen LogP contribution in [0.5, 0.6) is 0 Å². The van der Waals surface area contributed by atoms with E-state index in [-0.39, 0.29) is 5.91 Å². The molecule has 0 unspecified atom stereocenters. The minimum Gasteiger partial charge on any atom is -0.370 e. The first-order chi connectivity index (χ1) is 10.4. The fourth-order valence-electron chi connectivity index (χ4n) is 2.30. The van der Waals surface area contributed by atoms with Crippen molar-refractivity contribution in [2.24, 2.45) is 4.99 Å². The minimum atomic E-state index is -0.0381. The van der Waals surface area contributed by atoms with E-state index < -0.39 is 0 Å². The van der Waals surface area contributed by atoms with Crippen LogP contribution in [-0.4, -0.2) is 18.3 Å². The number of amides is 1. The Balaban J connectivity index is 2.33. The van der Waals surface area contributed by atoms with E-state index in [4.69, 9.17) is 0 Å². The van der Waals surface area contributed by atoms with Crippen LogP contribution in [0.15, 0.2) is 35.6 Å². The molecule has 0 bridgehead atoms. The van der Waals surface area contributed by atoms with Crippen molar-refractivity contribution in [1.82, 2.24) is 10.6 Å². The number of nitrogens with zero attached hydrogens (tertiary/aromatic N) is 1. The molecule has 0 atom stereocenters. The quantitative estimate of drug-likeness (QED) is 0.461. The van der Waals surface area contributed by atoms with E-state index in [2.05, 4.69) is 54.3 Å². The van der Waals surface area contributed by atoms with Gasteiger partial charge in [0, 0.05) is 13.0 Å². The third-order valence-corrected chi connectivity index (χ3v) is 3.20. The molecule has 0 fully saturated rings. The molecule has 2 N–H and O–H groups in total. The molecule has 0 aromatic heterocycles. The number of hydrogen-bond acceptors (Lipinski definition) is 3. The number of rotatable bonds is 7. The second-order valence-corrected chi connectivity index (χ2v) is 5.57. The second kappa shape index (κ2) is 9.03. The molecule has 0 aliphatic rings. The molecule has 22 heavy (non-hydrogen) atoms. The fourth-order valence-corrected chi connectivity index (χ4v) is 2.30. The molecule has 120 valence electrons. The highest BCUT2D eigenvalue weighted by molar-refractivity contribution is 5.97. The number of carbonyl (C=O) groups excluding carboxylic acids is 1. The summed E-state index contributed by atoms with van der Waals surface area (Å²) in [5, 5.41) is 5.87. The van der Waals surface area contributed by atoms with E-state index in [9.17, 15) is 4.79 Å². The van der Waals surface area contributed by atoms with Gasteiger partial charge in [0.15, 0.2) is 0 Å². The summed E-state index contributed by atoms with van der Waals surface area (Å²) in [5.74, 6) is 1.11. The molecule has 0 saturated carbocycles. The summed E-state index contributed by atoms with van der Waals surface area (Å²) in [7, 11) is 0. The number of nitrogens with one attached hydrogen (secondary N) is 2. The lowest BCUT2D eigenvalue weighted by Gasteiger charge is -2.08. The van der Waals surface area contributed by atoms with Crippen molar-refractivity contribution < 1.29 is 4.79 Å². The van der Waals surface area contributed by atoms with E-state index in [1.807, 2.05) is 6.92 Å². The molecule has 0 spiro atoms. The summed E-state index contributed by atoms with van der Waals surface area (Å²) in [6.45, 7) is 12.5. The molecular weight excluding hydrogens is 274 g/mol. The Morgan fingerprint density at radius 2 is 1.86 bits per heavy atom. The third kappa shape index (κ3) is 7.07. The predicted molar refractivity (Wildman–Crippen MR) is 92.9 cm³/mol. The van der Waals surface area contributed by atoms with Crippen LogP contribution in [-0.2, 0) is 11.2 Å². The molecule has 1 amide bonds. The highest BCUT2D eigenvalue weighted by atomic mass is 16.1. The van der Waals surface area contributed by atoms with Gasteiger partial charge in [0.25, 0.3) is 0 Å². The first kappa shape index (κ1) is 18.0. The van der Waals surface area contributed by atoms with Crippen LogP contribution >= 0.6 is 0 Å². The first-order valence-corrected chi connectivity index (χ1v) is 7.75. The van der Waals surface area contributed by atoms with E-state index >= 15 is 0 Å². The molecule has 1 aromatic carbocycles. The Bertz CT molecular complexity index is 541. The maximum atomic E-state index is 11.2. The maximum Gasteiger partial charge on any atom is 0.224 e. The zero-order valence-electron chi connectivity index (χ0n) is 14.1. The summed E-state index contributed by atoms with van der Waals surface area (Å²) < 4.78 is 0. The lowest BCUT2D eigenvalue weighted by atomic mass is 10.0. The first-order valence-electron chi connectivity index (χ1n) is 7.75. The molecule has 4 nitrogen and oxygen atoms in total. The summed E-state index contributed by atoms with van der Waals surface area (Å²) >= 11 is 0. The van der Waals surface area contributed by atoms with Crippen LogP contribution in [0, 0.1) is 13.8 Å². The van der Waals surface area contributed by atoms with Crippen molar-refractivity contribution >= 4 is 11.7 Å². The summed E-state index contributed by atoms with van der Waals surface area (Å²) in [6, 6.07) is 6.64. The normalized spacial score (nSPS) is 11.2. The van der Waals surface area contributed by atoms with Crippen LogP contribution in [0.3, 0.4) is 0 Å². The number of amidine groups is 1. The van der Waals surface area contributed by atoms with Crippen molar-refractivity contribution in [1.29, 1.82) is 0 Å². The van der Waals surface area contributed by atoms with Gasteiger partial charge in [-0.1, -0.05) is 42.8 Å². The Kier molecular flexibility index (Phi) is 7.37.